The van der Waals surface area contributed by atoms with Gasteiger partial charge in [0.05, 0.1) is 23.1 Å². The number of carboxylic acid groups (broad SMARTS) is 1. The van der Waals surface area contributed by atoms with Gasteiger partial charge in [-0.1, -0.05) is 0 Å². The Labute approximate surface area is 115 Å². The van der Waals surface area contributed by atoms with Crippen molar-refractivity contribution in [1.29, 1.82) is 0 Å². The zero-order chi connectivity index (χ0) is 14.3. The molecule has 3 aromatic rings. The Bertz CT molecular complexity index is 799. The van der Waals surface area contributed by atoms with Gasteiger partial charge in [-0.3, -0.25) is 0 Å². The first-order chi connectivity index (χ1) is 9.54. The summed E-state index contributed by atoms with van der Waals surface area (Å²) in [5.41, 5.74) is 1.85. The molecule has 0 aliphatic carbocycles. The van der Waals surface area contributed by atoms with E-state index in [0.29, 0.717) is 6.54 Å². The third kappa shape index (κ3) is 2.07. The minimum atomic E-state index is -0.939. The van der Waals surface area contributed by atoms with Crippen LogP contribution < -0.4 is 0 Å². The molecule has 2 heterocycles. The quantitative estimate of drug-likeness (QED) is 0.794. The summed E-state index contributed by atoms with van der Waals surface area (Å²) in [6, 6.07) is 8.77. The van der Waals surface area contributed by atoms with Crippen molar-refractivity contribution in [2.75, 3.05) is 0 Å². The predicted octanol–water partition coefficient (Wildman–Crippen LogP) is 2.99. The minimum Gasteiger partial charge on any atom is -0.478 e. The topological polar surface area (TPSA) is 68.3 Å². The molecule has 3 rings (SSSR count). The van der Waals surface area contributed by atoms with Crippen LogP contribution in [0.3, 0.4) is 0 Å². The van der Waals surface area contributed by atoms with Crippen LogP contribution in [0.5, 0.6) is 0 Å². The number of aromatic carboxylic acids is 1. The number of imidazole rings is 1. The molecule has 0 bridgehead atoms. The summed E-state index contributed by atoms with van der Waals surface area (Å²) in [5, 5.41) is 9.09. The fourth-order valence-corrected chi connectivity index (χ4v) is 2.30. The van der Waals surface area contributed by atoms with Crippen LogP contribution in [0, 0.1) is 13.8 Å². The van der Waals surface area contributed by atoms with Crippen LogP contribution in [-0.2, 0) is 6.54 Å². The number of aromatic nitrogens is 2. The normalized spacial score (nSPS) is 11.1. The molecule has 0 amide bonds. The van der Waals surface area contributed by atoms with Crippen LogP contribution >= 0.6 is 0 Å². The van der Waals surface area contributed by atoms with E-state index in [1.165, 1.54) is 0 Å². The van der Waals surface area contributed by atoms with Crippen molar-refractivity contribution in [1.82, 2.24) is 9.55 Å². The lowest BCUT2D eigenvalue weighted by Crippen LogP contribution is -2.02. The van der Waals surface area contributed by atoms with E-state index in [1.54, 1.807) is 18.2 Å². The zero-order valence-electron chi connectivity index (χ0n) is 11.3. The molecule has 0 saturated carbocycles. The first kappa shape index (κ1) is 12.5. The summed E-state index contributed by atoms with van der Waals surface area (Å²) < 4.78 is 7.53. The average Bonchev–Trinajstić information content (AvgIpc) is 2.94. The molecule has 0 fully saturated rings. The molecule has 5 heteroatoms. The van der Waals surface area contributed by atoms with Gasteiger partial charge in [-0.15, -0.1) is 0 Å². The van der Waals surface area contributed by atoms with E-state index >= 15 is 0 Å². The average molecular weight is 270 g/mol. The van der Waals surface area contributed by atoms with Crippen molar-refractivity contribution in [2.24, 2.45) is 0 Å². The number of carboxylic acids is 1. The van der Waals surface area contributed by atoms with Crippen LogP contribution in [0.2, 0.25) is 0 Å². The summed E-state index contributed by atoms with van der Waals surface area (Å²) in [4.78, 5) is 15.5. The number of benzene rings is 1. The Hall–Kier alpha value is -2.56. The van der Waals surface area contributed by atoms with Gasteiger partial charge in [0.1, 0.15) is 17.3 Å². The van der Waals surface area contributed by atoms with Crippen LogP contribution in [-0.4, -0.2) is 20.6 Å². The molecule has 0 saturated heterocycles. The Balaban J connectivity index is 2.10. The largest absolute Gasteiger partial charge is 0.478 e. The van der Waals surface area contributed by atoms with E-state index in [4.69, 9.17) is 9.52 Å². The lowest BCUT2D eigenvalue weighted by molar-refractivity contribution is 0.0697. The number of hydrogen-bond donors (Lipinski definition) is 1. The third-order valence-corrected chi connectivity index (χ3v) is 3.30. The lowest BCUT2D eigenvalue weighted by atomic mass is 10.2. The molecular weight excluding hydrogens is 256 g/mol. The first-order valence-corrected chi connectivity index (χ1v) is 6.30. The van der Waals surface area contributed by atoms with E-state index in [9.17, 15) is 4.79 Å². The van der Waals surface area contributed by atoms with E-state index in [1.807, 2.05) is 30.5 Å². The molecule has 102 valence electrons. The Kier molecular flexibility index (Phi) is 2.82. The SMILES string of the molecule is Cc1ccc(Cn2c(C)nc3ccc(C(=O)O)cc32)o1. The Morgan fingerprint density at radius 2 is 2.10 bits per heavy atom. The van der Waals surface area contributed by atoms with Gasteiger partial charge in [0, 0.05) is 0 Å². The van der Waals surface area contributed by atoms with E-state index in [-0.39, 0.29) is 5.56 Å². The highest BCUT2D eigenvalue weighted by Crippen LogP contribution is 2.20. The second-order valence-corrected chi connectivity index (χ2v) is 4.77. The standard InChI is InChI=1S/C15H14N2O3/c1-9-3-5-12(20-9)8-17-10(2)16-13-6-4-11(15(18)19)7-14(13)17/h3-7H,8H2,1-2H3,(H,18,19). The van der Waals surface area contributed by atoms with Gasteiger partial charge >= 0.3 is 5.97 Å². The van der Waals surface area contributed by atoms with Crippen LogP contribution in [0.25, 0.3) is 11.0 Å². The Morgan fingerprint density at radius 1 is 1.30 bits per heavy atom. The minimum absolute atomic E-state index is 0.259. The van der Waals surface area contributed by atoms with Crippen molar-refractivity contribution in [3.63, 3.8) is 0 Å². The molecule has 1 aromatic carbocycles. The van der Waals surface area contributed by atoms with Crippen LogP contribution in [0.15, 0.2) is 34.7 Å². The fraction of sp³-hybridized carbons (Fsp3) is 0.200. The number of furan rings is 1. The monoisotopic (exact) mass is 270 g/mol. The number of nitrogens with zero attached hydrogens (tertiary/aromatic N) is 2. The van der Waals surface area contributed by atoms with E-state index in [2.05, 4.69) is 4.98 Å². The second-order valence-electron chi connectivity index (χ2n) is 4.77. The lowest BCUT2D eigenvalue weighted by Gasteiger charge is -2.05. The maximum Gasteiger partial charge on any atom is 0.335 e. The van der Waals surface area contributed by atoms with Gasteiger partial charge in [-0.2, -0.15) is 0 Å². The smallest absolute Gasteiger partial charge is 0.335 e. The van der Waals surface area contributed by atoms with Gasteiger partial charge in [-0.05, 0) is 44.2 Å². The zero-order valence-corrected chi connectivity index (χ0v) is 11.3. The number of carbonyl (C=O) groups is 1. The summed E-state index contributed by atoms with van der Waals surface area (Å²) in [5.74, 6) is 1.57. The van der Waals surface area contributed by atoms with Crippen molar-refractivity contribution in [3.05, 3.63) is 53.2 Å². The first-order valence-electron chi connectivity index (χ1n) is 6.30. The number of aryl methyl sites for hydroxylation is 2. The molecule has 1 N–H and O–H groups in total. The summed E-state index contributed by atoms with van der Waals surface area (Å²) in [6.07, 6.45) is 0. The van der Waals surface area contributed by atoms with E-state index < -0.39 is 5.97 Å². The summed E-state index contributed by atoms with van der Waals surface area (Å²) in [6.45, 7) is 4.33. The highest BCUT2D eigenvalue weighted by Gasteiger charge is 2.12. The molecule has 0 aliphatic heterocycles. The third-order valence-electron chi connectivity index (χ3n) is 3.30. The van der Waals surface area contributed by atoms with E-state index in [0.717, 1.165) is 28.4 Å². The van der Waals surface area contributed by atoms with Crippen molar-refractivity contribution < 1.29 is 14.3 Å². The van der Waals surface area contributed by atoms with Gasteiger partial charge in [0.15, 0.2) is 0 Å². The number of rotatable bonds is 3. The number of hydrogen-bond acceptors (Lipinski definition) is 3. The second kappa shape index (κ2) is 4.52. The fourth-order valence-electron chi connectivity index (χ4n) is 2.30. The van der Waals surface area contributed by atoms with Gasteiger partial charge in [-0.25, -0.2) is 9.78 Å². The van der Waals surface area contributed by atoms with Crippen molar-refractivity contribution in [3.8, 4) is 0 Å². The molecule has 0 aliphatic rings. The maximum absolute atomic E-state index is 11.1. The molecule has 20 heavy (non-hydrogen) atoms. The Morgan fingerprint density at radius 3 is 2.75 bits per heavy atom. The molecule has 0 atom stereocenters. The van der Waals surface area contributed by atoms with Crippen LogP contribution in [0.1, 0.15) is 27.7 Å². The molecule has 0 radical (unpaired) electrons. The predicted molar refractivity (Wildman–Crippen MR) is 74.0 cm³/mol. The van der Waals surface area contributed by atoms with Crippen LogP contribution in [0.4, 0.5) is 0 Å². The maximum atomic E-state index is 11.1. The summed E-state index contributed by atoms with van der Waals surface area (Å²) in [7, 11) is 0. The summed E-state index contributed by atoms with van der Waals surface area (Å²) >= 11 is 0. The van der Waals surface area contributed by atoms with Gasteiger partial charge in [0.25, 0.3) is 0 Å². The van der Waals surface area contributed by atoms with Crippen molar-refractivity contribution in [2.45, 2.75) is 20.4 Å². The molecule has 0 spiro atoms. The molecule has 5 nitrogen and oxygen atoms in total. The highest BCUT2D eigenvalue weighted by molar-refractivity contribution is 5.92. The van der Waals surface area contributed by atoms with Crippen molar-refractivity contribution >= 4 is 17.0 Å². The molecule has 2 aromatic heterocycles. The molecule has 0 unspecified atom stereocenters. The highest BCUT2D eigenvalue weighted by atomic mass is 16.4. The van der Waals surface area contributed by atoms with Gasteiger partial charge < -0.3 is 14.1 Å². The molecular formula is C15H14N2O3. The van der Waals surface area contributed by atoms with Gasteiger partial charge in [0.2, 0.25) is 0 Å². The number of fused-ring (bicyclic) bond motifs is 1.